The van der Waals surface area contributed by atoms with E-state index < -0.39 is 17.5 Å². The second-order valence-electron chi connectivity index (χ2n) is 8.85. The van der Waals surface area contributed by atoms with Gasteiger partial charge in [-0.3, -0.25) is 9.59 Å². The van der Waals surface area contributed by atoms with Crippen LogP contribution in [0.2, 0.25) is 0 Å². The Bertz CT molecular complexity index is 1240. The third-order valence-corrected chi connectivity index (χ3v) is 6.51. The summed E-state index contributed by atoms with van der Waals surface area (Å²) in [6.07, 6.45) is 3.76. The summed E-state index contributed by atoms with van der Waals surface area (Å²) in [6.45, 7) is 0. The summed E-state index contributed by atoms with van der Waals surface area (Å²) in [6, 6.07) is 12.2. The maximum atomic E-state index is 13.9. The lowest BCUT2D eigenvalue weighted by Crippen LogP contribution is -2.52. The number of halogens is 2. The zero-order chi connectivity index (χ0) is 24.5. The van der Waals surface area contributed by atoms with Gasteiger partial charge >= 0.3 is 0 Å². The van der Waals surface area contributed by atoms with Gasteiger partial charge in [-0.25, -0.2) is 13.8 Å². The number of hydrogen-bond acceptors (Lipinski definition) is 5. The second-order valence-corrected chi connectivity index (χ2v) is 8.85. The Morgan fingerprint density at radius 2 is 1.63 bits per heavy atom. The van der Waals surface area contributed by atoms with Gasteiger partial charge in [0.2, 0.25) is 5.88 Å². The van der Waals surface area contributed by atoms with Crippen LogP contribution in [0.4, 0.5) is 8.78 Å². The predicted molar refractivity (Wildman–Crippen MR) is 122 cm³/mol. The van der Waals surface area contributed by atoms with Crippen molar-refractivity contribution < 1.29 is 28.2 Å². The van der Waals surface area contributed by atoms with E-state index in [1.54, 1.807) is 12.1 Å². The molecule has 2 saturated heterocycles. The minimum atomic E-state index is -0.684. The summed E-state index contributed by atoms with van der Waals surface area (Å²) in [4.78, 5) is 31.9. The van der Waals surface area contributed by atoms with E-state index in [2.05, 4.69) is 10.3 Å². The van der Waals surface area contributed by atoms with Crippen LogP contribution in [-0.2, 0) is 0 Å². The van der Waals surface area contributed by atoms with Gasteiger partial charge in [0.05, 0.1) is 6.20 Å². The van der Waals surface area contributed by atoms with Gasteiger partial charge in [0, 0.05) is 23.7 Å². The number of pyridine rings is 1. The van der Waals surface area contributed by atoms with Crippen molar-refractivity contribution in [1.82, 2.24) is 15.2 Å². The van der Waals surface area contributed by atoms with Crippen LogP contribution >= 0.6 is 0 Å². The molecule has 180 valence electrons. The third-order valence-electron chi connectivity index (χ3n) is 6.51. The highest BCUT2D eigenvalue weighted by Crippen LogP contribution is 2.37. The number of rotatable bonds is 5. The fraction of sp³-hybridized carbons (Fsp3) is 0.269. The smallest absolute Gasteiger partial charge is 0.257 e. The van der Waals surface area contributed by atoms with Crippen LogP contribution in [0.25, 0.3) is 0 Å². The molecule has 5 rings (SSSR count). The largest absolute Gasteiger partial charge is 0.508 e. The Morgan fingerprint density at radius 1 is 0.971 bits per heavy atom. The van der Waals surface area contributed by atoms with Crippen LogP contribution in [0.1, 0.15) is 46.4 Å². The van der Waals surface area contributed by atoms with Gasteiger partial charge < -0.3 is 20.1 Å². The normalized spacial score (nSPS) is 21.0. The molecule has 2 unspecified atom stereocenters. The molecule has 2 aromatic carbocycles. The van der Waals surface area contributed by atoms with Crippen molar-refractivity contribution in [2.45, 2.75) is 43.8 Å². The van der Waals surface area contributed by atoms with E-state index in [0.717, 1.165) is 25.1 Å². The average molecular weight is 479 g/mol. The number of nitrogens with zero attached hydrogens (tertiary/aromatic N) is 2. The molecule has 3 heterocycles. The number of benzene rings is 2. The third kappa shape index (κ3) is 4.80. The number of piperidine rings is 1. The first-order chi connectivity index (χ1) is 16.9. The van der Waals surface area contributed by atoms with Crippen molar-refractivity contribution in [2.75, 3.05) is 0 Å². The first-order valence-electron chi connectivity index (χ1n) is 11.4. The summed E-state index contributed by atoms with van der Waals surface area (Å²) in [5.74, 6) is -1.47. The molecule has 2 fully saturated rings. The number of nitrogens with one attached hydrogen (secondary N) is 1. The Balaban J connectivity index is 1.28. The molecule has 2 aliphatic heterocycles. The lowest BCUT2D eigenvalue weighted by Gasteiger charge is -2.39. The van der Waals surface area contributed by atoms with Crippen molar-refractivity contribution in [2.24, 2.45) is 0 Å². The molecule has 9 heteroatoms. The first-order valence-corrected chi connectivity index (χ1v) is 11.4. The van der Waals surface area contributed by atoms with E-state index in [1.807, 2.05) is 4.90 Å². The Hall–Kier alpha value is -4.01. The van der Waals surface area contributed by atoms with Gasteiger partial charge in [0.15, 0.2) is 0 Å². The maximum Gasteiger partial charge on any atom is 0.257 e. The summed E-state index contributed by atoms with van der Waals surface area (Å²) in [5, 5.41) is 12.4. The summed E-state index contributed by atoms with van der Waals surface area (Å²) < 4.78 is 32.7. The number of carbonyl (C=O) groups is 2. The molecule has 0 aliphatic carbocycles. The van der Waals surface area contributed by atoms with E-state index in [9.17, 15) is 23.5 Å². The number of phenolic OH excluding ortho intramolecular Hbond substituents is 1. The summed E-state index contributed by atoms with van der Waals surface area (Å²) in [5.41, 5.74) is 0.444. The predicted octanol–water partition coefficient (Wildman–Crippen LogP) is 4.42. The van der Waals surface area contributed by atoms with Crippen LogP contribution in [0.3, 0.4) is 0 Å². The fourth-order valence-corrected chi connectivity index (χ4v) is 4.93. The molecular weight excluding hydrogens is 456 g/mol. The molecule has 2 amide bonds. The first kappa shape index (κ1) is 22.8. The number of aromatic nitrogens is 1. The highest BCUT2D eigenvalue weighted by molar-refractivity contribution is 5.97. The maximum absolute atomic E-state index is 13.9. The Morgan fingerprint density at radius 3 is 2.29 bits per heavy atom. The van der Waals surface area contributed by atoms with Crippen molar-refractivity contribution >= 4 is 11.8 Å². The van der Waals surface area contributed by atoms with E-state index in [-0.39, 0.29) is 47.0 Å². The molecule has 35 heavy (non-hydrogen) atoms. The van der Waals surface area contributed by atoms with Gasteiger partial charge in [-0.1, -0.05) is 0 Å². The molecule has 1 aromatic heterocycles. The van der Waals surface area contributed by atoms with Gasteiger partial charge in [-0.05, 0) is 80.3 Å². The standard InChI is InChI=1S/C26H23F2N3O4/c27-16-3-9-22(10-4-16)35-25-23(11-17(28)14-29-25)24(33)30-18-12-19-5-6-20(13-18)31(19)26(34)15-1-7-21(32)8-2-15/h1-4,7-11,14,18-20,32H,5-6,12-13H2,(H,30,33). The molecule has 2 bridgehead atoms. The summed E-state index contributed by atoms with van der Waals surface area (Å²) in [7, 11) is 0. The molecule has 2 N–H and O–H groups in total. The van der Waals surface area contributed by atoms with Crippen molar-refractivity contribution in [3.63, 3.8) is 0 Å². The van der Waals surface area contributed by atoms with Crippen LogP contribution in [0, 0.1) is 11.6 Å². The topological polar surface area (TPSA) is 91.8 Å². The number of fused-ring (bicyclic) bond motifs is 2. The van der Waals surface area contributed by atoms with Crippen LogP contribution < -0.4 is 10.1 Å². The molecule has 7 nitrogen and oxygen atoms in total. The van der Waals surface area contributed by atoms with E-state index >= 15 is 0 Å². The second kappa shape index (κ2) is 9.32. The van der Waals surface area contributed by atoms with E-state index in [1.165, 1.54) is 36.4 Å². The number of aromatic hydroxyl groups is 1. The van der Waals surface area contributed by atoms with E-state index in [4.69, 9.17) is 4.74 Å². The highest BCUT2D eigenvalue weighted by atomic mass is 19.1. The quantitative estimate of drug-likeness (QED) is 0.565. The lowest BCUT2D eigenvalue weighted by molar-refractivity contribution is 0.0549. The monoisotopic (exact) mass is 479 g/mol. The minimum absolute atomic E-state index is 0.0269. The molecular formula is C26H23F2N3O4. The highest BCUT2D eigenvalue weighted by Gasteiger charge is 2.44. The lowest BCUT2D eigenvalue weighted by atomic mass is 9.96. The van der Waals surface area contributed by atoms with Crippen molar-refractivity contribution in [3.05, 3.63) is 83.6 Å². The zero-order valence-electron chi connectivity index (χ0n) is 18.7. The number of ether oxygens (including phenoxy) is 1. The van der Waals surface area contributed by atoms with Gasteiger partial charge in [-0.2, -0.15) is 0 Å². The summed E-state index contributed by atoms with van der Waals surface area (Å²) >= 11 is 0. The molecule has 2 aliphatic rings. The van der Waals surface area contributed by atoms with Crippen LogP contribution in [0.5, 0.6) is 17.4 Å². The molecule has 0 spiro atoms. The van der Waals surface area contributed by atoms with Crippen LogP contribution in [0.15, 0.2) is 60.8 Å². The number of amides is 2. The Labute approximate surface area is 200 Å². The SMILES string of the molecule is O=C(NC1CC2CCC(C1)N2C(=O)c1ccc(O)cc1)c1cc(F)cnc1Oc1ccc(F)cc1. The Kier molecular flexibility index (Phi) is 6.07. The minimum Gasteiger partial charge on any atom is -0.508 e. The fourth-order valence-electron chi connectivity index (χ4n) is 4.93. The number of phenols is 1. The number of hydrogen-bond donors (Lipinski definition) is 2. The zero-order valence-corrected chi connectivity index (χ0v) is 18.7. The van der Waals surface area contributed by atoms with Gasteiger partial charge in [0.1, 0.15) is 28.7 Å². The van der Waals surface area contributed by atoms with Crippen molar-refractivity contribution in [1.29, 1.82) is 0 Å². The van der Waals surface area contributed by atoms with E-state index in [0.29, 0.717) is 18.4 Å². The van der Waals surface area contributed by atoms with Gasteiger partial charge in [0.25, 0.3) is 11.8 Å². The average Bonchev–Trinajstić information content (AvgIpc) is 3.11. The number of carbonyl (C=O) groups excluding carboxylic acids is 2. The molecule has 3 aromatic rings. The van der Waals surface area contributed by atoms with Crippen LogP contribution in [-0.4, -0.2) is 44.9 Å². The molecule has 0 radical (unpaired) electrons. The molecule has 2 atom stereocenters. The van der Waals surface area contributed by atoms with Gasteiger partial charge in [-0.15, -0.1) is 0 Å². The molecule has 0 saturated carbocycles. The van der Waals surface area contributed by atoms with Crippen molar-refractivity contribution in [3.8, 4) is 17.4 Å².